The van der Waals surface area contributed by atoms with Gasteiger partial charge in [0.15, 0.2) is 0 Å². The molecule has 2 aromatic carbocycles. The van der Waals surface area contributed by atoms with Crippen LogP contribution in [0, 0.1) is 0 Å². The zero-order chi connectivity index (χ0) is 61.2. The molecule has 0 aliphatic carbocycles. The predicted molar refractivity (Wildman–Crippen MR) is 393 cm³/mol. The van der Waals surface area contributed by atoms with E-state index >= 15 is 0 Å². The molecule has 0 radical (unpaired) electrons. The average molecular weight is 1250 g/mol. The molecule has 0 aromatic heterocycles. The zero-order valence-electron chi connectivity index (χ0n) is 59.5. The van der Waals surface area contributed by atoms with Gasteiger partial charge in [-0.25, -0.2) is 0 Å². The van der Waals surface area contributed by atoms with Crippen LogP contribution in [-0.4, -0.2) is 11.4 Å². The maximum atomic E-state index is 5.47. The molecule has 0 aliphatic heterocycles. The van der Waals surface area contributed by atoms with Gasteiger partial charge in [0.2, 0.25) is 0 Å². The standard InChI is InChI=1S/C84H152N2.Ni/c1-5-9-13-16-18-20-22-24-26-28-30-32-34-36-38-40-42-44-46-48-50-52-54-56-58-60-62-64-69-79-71-67-73-81(77-79)85-83(75-12-8-4)84(76-66-15-11-7-3)86-82-74-68-72-80(78-82)70-65-63-61-59-57-55-53-51-49-47-45-43-41-39-37-35-33-31-29-27-25-23-21-19-17-14-10-6-2;/h67-68,71-74,77-78H,5-66,69-70,75-76H2,1-4H3;/b85-83+,86-84-;. The van der Waals surface area contributed by atoms with Crippen LogP contribution in [0.4, 0.5) is 11.4 Å². The Kier molecular flexibility index (Phi) is 65.7. The first kappa shape index (κ1) is 83.3. The van der Waals surface area contributed by atoms with Crippen LogP contribution in [0.2, 0.25) is 0 Å². The summed E-state index contributed by atoms with van der Waals surface area (Å²) in [4.78, 5) is 10.9. The summed E-state index contributed by atoms with van der Waals surface area (Å²) in [7, 11) is 0. The van der Waals surface area contributed by atoms with Crippen LogP contribution >= 0.6 is 0 Å². The maximum absolute atomic E-state index is 5.47. The predicted octanol–water partition coefficient (Wildman–Crippen LogP) is 30.7. The van der Waals surface area contributed by atoms with Gasteiger partial charge in [0.05, 0.1) is 22.8 Å². The van der Waals surface area contributed by atoms with Crippen molar-refractivity contribution in [2.24, 2.45) is 9.98 Å². The molecule has 0 aliphatic rings. The normalized spacial score (nSPS) is 12.0. The van der Waals surface area contributed by atoms with Crippen LogP contribution in [0.1, 0.15) is 450 Å². The van der Waals surface area contributed by atoms with E-state index < -0.39 is 0 Å². The summed E-state index contributed by atoms with van der Waals surface area (Å²) in [6.45, 7) is 9.26. The van der Waals surface area contributed by atoms with E-state index in [9.17, 15) is 0 Å². The van der Waals surface area contributed by atoms with Crippen molar-refractivity contribution in [2.45, 2.75) is 451 Å². The Morgan fingerprint density at radius 3 is 0.621 bits per heavy atom. The zero-order valence-corrected chi connectivity index (χ0v) is 60.5. The molecule has 2 nitrogen and oxygen atoms in total. The SMILES string of the molecule is CCCCCCCCCCCCCCCCCCCCCCCCCCCCCCc1cccc(/N=C(CCCCCC)\C(CCCC)=N\c2cccc(CCCCCCCCCCCCCCCCCCCCCCCCCCCCCC)c2)c1.[Ni]. The summed E-state index contributed by atoms with van der Waals surface area (Å²) in [5.74, 6) is 0. The molecule has 3 heteroatoms. The summed E-state index contributed by atoms with van der Waals surface area (Å²) in [6.07, 6.45) is 92.8. The van der Waals surface area contributed by atoms with Crippen LogP contribution < -0.4 is 0 Å². The first-order valence-electron chi connectivity index (χ1n) is 40.0. The number of rotatable bonds is 69. The van der Waals surface area contributed by atoms with Crippen molar-refractivity contribution in [3.8, 4) is 0 Å². The summed E-state index contributed by atoms with van der Waals surface area (Å²) in [5, 5.41) is 0. The first-order chi connectivity index (χ1) is 42.7. The minimum absolute atomic E-state index is 0. The summed E-state index contributed by atoms with van der Waals surface area (Å²) in [5.41, 5.74) is 7.58. The van der Waals surface area contributed by atoms with E-state index in [1.54, 1.807) is 0 Å². The molecule has 0 N–H and O–H groups in total. The molecular formula is C84H152N2Ni. The molecule has 0 unspecified atom stereocenters. The van der Waals surface area contributed by atoms with Gasteiger partial charge in [-0.2, -0.15) is 0 Å². The number of hydrogen-bond donors (Lipinski definition) is 0. The second kappa shape index (κ2) is 68.6. The molecule has 508 valence electrons. The van der Waals surface area contributed by atoms with Crippen molar-refractivity contribution in [1.29, 1.82) is 0 Å². The monoisotopic (exact) mass is 1250 g/mol. The minimum Gasteiger partial charge on any atom is -0.252 e. The summed E-state index contributed by atoms with van der Waals surface area (Å²) in [6, 6.07) is 18.4. The Bertz CT molecular complexity index is 1730. The molecule has 0 saturated heterocycles. The molecule has 87 heavy (non-hydrogen) atoms. The van der Waals surface area contributed by atoms with E-state index in [-0.39, 0.29) is 16.5 Å². The number of unbranched alkanes of at least 4 members (excludes halogenated alkanes) is 58. The van der Waals surface area contributed by atoms with Crippen molar-refractivity contribution in [3.05, 3.63) is 59.7 Å². The average Bonchev–Trinajstić information content (AvgIpc) is 3.66. The molecule has 0 heterocycles. The van der Waals surface area contributed by atoms with Crippen LogP contribution in [0.3, 0.4) is 0 Å². The molecule has 0 fully saturated rings. The number of aliphatic imine (C=N–C) groups is 2. The van der Waals surface area contributed by atoms with Gasteiger partial charge in [-0.1, -0.05) is 424 Å². The molecule has 0 bridgehead atoms. The summed E-state index contributed by atoms with van der Waals surface area (Å²) < 4.78 is 0. The van der Waals surface area contributed by atoms with Gasteiger partial charge in [-0.3, -0.25) is 9.98 Å². The smallest absolute Gasteiger partial charge is 0.0636 e. The number of benzene rings is 2. The maximum Gasteiger partial charge on any atom is 0.0636 e. The molecular weight excluding hydrogens is 1100 g/mol. The van der Waals surface area contributed by atoms with Crippen molar-refractivity contribution < 1.29 is 16.5 Å². The van der Waals surface area contributed by atoms with E-state index in [0.717, 1.165) is 43.5 Å². The fraction of sp³-hybridized carbons (Fsp3) is 0.833. The first-order valence-corrected chi connectivity index (χ1v) is 40.0. The van der Waals surface area contributed by atoms with E-state index in [0.29, 0.717) is 0 Å². The van der Waals surface area contributed by atoms with Gasteiger partial charge < -0.3 is 0 Å². The van der Waals surface area contributed by atoms with E-state index in [1.165, 1.54) is 414 Å². The molecule has 2 aromatic rings. The fourth-order valence-corrected chi connectivity index (χ4v) is 13.5. The number of aryl methyl sites for hydroxylation is 2. The molecule has 0 atom stereocenters. The van der Waals surface area contributed by atoms with Gasteiger partial charge in [-0.15, -0.1) is 0 Å². The van der Waals surface area contributed by atoms with Gasteiger partial charge in [0.25, 0.3) is 0 Å². The van der Waals surface area contributed by atoms with E-state index in [4.69, 9.17) is 9.98 Å². The third kappa shape index (κ3) is 56.7. The number of hydrogen-bond acceptors (Lipinski definition) is 2. The van der Waals surface area contributed by atoms with Crippen LogP contribution in [0.5, 0.6) is 0 Å². The van der Waals surface area contributed by atoms with Crippen LogP contribution in [0.15, 0.2) is 58.5 Å². The van der Waals surface area contributed by atoms with Gasteiger partial charge in [0.1, 0.15) is 0 Å². The molecule has 0 amide bonds. The van der Waals surface area contributed by atoms with Crippen LogP contribution in [-0.2, 0) is 29.3 Å². The van der Waals surface area contributed by atoms with Crippen molar-refractivity contribution in [2.75, 3.05) is 0 Å². The fourth-order valence-electron chi connectivity index (χ4n) is 13.5. The Hall–Kier alpha value is -1.73. The second-order valence-corrected chi connectivity index (χ2v) is 28.0. The Balaban J connectivity index is 0.0000378. The Labute approximate surface area is 557 Å². The second-order valence-electron chi connectivity index (χ2n) is 28.0. The molecule has 0 saturated carbocycles. The van der Waals surface area contributed by atoms with Gasteiger partial charge in [0, 0.05) is 16.5 Å². The third-order valence-corrected chi connectivity index (χ3v) is 19.4. The Morgan fingerprint density at radius 2 is 0.402 bits per heavy atom. The van der Waals surface area contributed by atoms with Crippen molar-refractivity contribution >= 4 is 22.8 Å². The molecule has 0 spiro atoms. The van der Waals surface area contributed by atoms with Gasteiger partial charge >= 0.3 is 0 Å². The largest absolute Gasteiger partial charge is 0.252 e. The third-order valence-electron chi connectivity index (χ3n) is 19.4. The van der Waals surface area contributed by atoms with Crippen molar-refractivity contribution in [1.82, 2.24) is 0 Å². The molecule has 2 rings (SSSR count). The van der Waals surface area contributed by atoms with Crippen molar-refractivity contribution in [3.63, 3.8) is 0 Å². The topological polar surface area (TPSA) is 24.7 Å². The van der Waals surface area contributed by atoms with E-state index in [1.807, 2.05) is 0 Å². The van der Waals surface area contributed by atoms with Gasteiger partial charge in [-0.05, 0) is 86.8 Å². The number of nitrogens with zero attached hydrogens (tertiary/aromatic N) is 2. The quantitative estimate of drug-likeness (QED) is 0.0358. The van der Waals surface area contributed by atoms with Crippen LogP contribution in [0.25, 0.3) is 0 Å². The van der Waals surface area contributed by atoms with E-state index in [2.05, 4.69) is 76.2 Å². The Morgan fingerprint density at radius 1 is 0.218 bits per heavy atom. The summed E-state index contributed by atoms with van der Waals surface area (Å²) >= 11 is 0. The minimum atomic E-state index is 0.